The summed E-state index contributed by atoms with van der Waals surface area (Å²) in [7, 11) is 0. The van der Waals surface area contributed by atoms with E-state index in [-0.39, 0.29) is 15.6 Å². The third-order valence-electron chi connectivity index (χ3n) is 5.44. The van der Waals surface area contributed by atoms with Gasteiger partial charge < -0.3 is 5.11 Å². The number of rotatable bonds is 7. The second-order valence-electron chi connectivity index (χ2n) is 8.63. The van der Waals surface area contributed by atoms with Crippen LogP contribution in [0.3, 0.4) is 0 Å². The molecule has 0 aromatic carbocycles. The van der Waals surface area contributed by atoms with Crippen molar-refractivity contribution in [2.75, 3.05) is 6.54 Å². The third-order valence-corrected chi connectivity index (χ3v) is 6.83. The maximum atomic E-state index is 12.3. The number of amides is 1. The largest absolute Gasteiger partial charge is 0.480 e. The highest BCUT2D eigenvalue weighted by atomic mass is 32.2. The van der Waals surface area contributed by atoms with Crippen LogP contribution in [0.1, 0.15) is 53.9 Å². The minimum atomic E-state index is -1.08. The molecule has 1 amide bonds. The van der Waals surface area contributed by atoms with Gasteiger partial charge in [-0.1, -0.05) is 91.0 Å². The Labute approximate surface area is 195 Å². The monoisotopic (exact) mass is 457 g/mol. The van der Waals surface area contributed by atoms with Crippen LogP contribution in [0.2, 0.25) is 0 Å². The molecule has 0 radical (unpaired) electrons. The number of carboxylic acids is 1. The lowest BCUT2D eigenvalue weighted by Crippen LogP contribution is -2.33. The van der Waals surface area contributed by atoms with Crippen LogP contribution in [0.25, 0.3) is 0 Å². The highest BCUT2D eigenvalue weighted by molar-refractivity contribution is 8.26. The topological polar surface area (TPSA) is 57.6 Å². The molecule has 0 unspecified atom stereocenters. The molecule has 6 heteroatoms. The van der Waals surface area contributed by atoms with Gasteiger partial charge in [0, 0.05) is 0 Å². The number of thiocarbonyl (C=S) groups is 1. The smallest absolute Gasteiger partial charge is 0.323 e. The van der Waals surface area contributed by atoms with Gasteiger partial charge in [0.1, 0.15) is 10.9 Å². The van der Waals surface area contributed by atoms with Crippen LogP contribution < -0.4 is 0 Å². The van der Waals surface area contributed by atoms with Crippen molar-refractivity contribution in [1.29, 1.82) is 0 Å². The summed E-state index contributed by atoms with van der Waals surface area (Å²) in [6.07, 6.45) is 17.7. The lowest BCUT2D eigenvalue weighted by atomic mass is 9.72. The lowest BCUT2D eigenvalue weighted by Gasteiger charge is -2.32. The molecular formula is C25H31NO3S2. The Morgan fingerprint density at radius 1 is 1.23 bits per heavy atom. The van der Waals surface area contributed by atoms with Crippen LogP contribution >= 0.6 is 24.0 Å². The summed E-state index contributed by atoms with van der Waals surface area (Å²) in [5.74, 6) is -1.44. The van der Waals surface area contributed by atoms with Crippen molar-refractivity contribution >= 4 is 40.2 Å². The van der Waals surface area contributed by atoms with E-state index in [1.165, 1.54) is 36.0 Å². The first kappa shape index (κ1) is 25.1. The molecule has 1 saturated heterocycles. The zero-order valence-electron chi connectivity index (χ0n) is 18.9. The van der Waals surface area contributed by atoms with Crippen molar-refractivity contribution in [1.82, 2.24) is 4.90 Å². The van der Waals surface area contributed by atoms with E-state index in [1.807, 2.05) is 25.2 Å². The fourth-order valence-electron chi connectivity index (χ4n) is 3.68. The van der Waals surface area contributed by atoms with E-state index in [2.05, 4.69) is 45.9 Å². The Bertz CT molecular complexity index is 946. The van der Waals surface area contributed by atoms with E-state index in [4.69, 9.17) is 17.3 Å². The molecule has 0 spiro atoms. The lowest BCUT2D eigenvalue weighted by molar-refractivity contribution is -0.140. The van der Waals surface area contributed by atoms with E-state index in [1.54, 1.807) is 6.08 Å². The average Bonchev–Trinajstić information content (AvgIpc) is 2.92. The van der Waals surface area contributed by atoms with Gasteiger partial charge in [-0.3, -0.25) is 14.5 Å². The maximum absolute atomic E-state index is 12.3. The molecule has 1 aliphatic carbocycles. The molecule has 1 fully saturated rings. The molecule has 31 heavy (non-hydrogen) atoms. The standard InChI is InChI=1S/C25H31NO3S2/c1-17(11-13-20-19(3)10-7-15-25(20,4)5)8-6-9-18(2)12-14-21-23(29)26(16-22(27)28)24(30)31-21/h6,8-9,11-14H,7,10,15-16H2,1-5H3,(H,27,28). The van der Waals surface area contributed by atoms with Gasteiger partial charge in [-0.15, -0.1) is 0 Å². The summed E-state index contributed by atoms with van der Waals surface area (Å²) in [6.45, 7) is 10.5. The van der Waals surface area contributed by atoms with Crippen LogP contribution in [0.15, 0.2) is 69.7 Å². The van der Waals surface area contributed by atoms with Crippen LogP contribution in [0, 0.1) is 5.41 Å². The van der Waals surface area contributed by atoms with Gasteiger partial charge in [-0.2, -0.15) is 0 Å². The molecule has 0 aromatic heterocycles. The van der Waals surface area contributed by atoms with Gasteiger partial charge in [0.2, 0.25) is 0 Å². The van der Waals surface area contributed by atoms with Crippen LogP contribution in [0.5, 0.6) is 0 Å². The third kappa shape index (κ3) is 7.18. The highest BCUT2D eigenvalue weighted by Crippen LogP contribution is 2.40. The first-order valence-electron chi connectivity index (χ1n) is 10.4. The molecule has 2 aliphatic rings. The SMILES string of the molecule is CC(C=CC1=C(C)CCCC1(C)C)=CC=CC(C)=CC=C1SC(=S)N(CC(=O)O)C1=O. The van der Waals surface area contributed by atoms with E-state index in [0.29, 0.717) is 4.91 Å². The minimum Gasteiger partial charge on any atom is -0.480 e. The van der Waals surface area contributed by atoms with Crippen molar-refractivity contribution in [3.8, 4) is 0 Å². The van der Waals surface area contributed by atoms with Crippen LogP contribution in [-0.4, -0.2) is 32.7 Å². The second kappa shape index (κ2) is 10.9. The summed E-state index contributed by atoms with van der Waals surface area (Å²) >= 11 is 6.22. The van der Waals surface area contributed by atoms with Crippen molar-refractivity contribution in [2.45, 2.75) is 53.9 Å². The van der Waals surface area contributed by atoms with Crippen molar-refractivity contribution in [3.63, 3.8) is 0 Å². The Hall–Kier alpha value is -2.18. The van der Waals surface area contributed by atoms with E-state index in [0.717, 1.165) is 22.2 Å². The molecule has 1 aliphatic heterocycles. The predicted molar refractivity (Wildman–Crippen MR) is 134 cm³/mol. The minimum absolute atomic E-state index is 0.236. The second-order valence-corrected chi connectivity index (χ2v) is 10.3. The first-order valence-corrected chi connectivity index (χ1v) is 11.6. The zero-order chi connectivity index (χ0) is 23.2. The van der Waals surface area contributed by atoms with Crippen molar-refractivity contribution in [3.05, 3.63) is 69.7 Å². The molecule has 166 valence electrons. The van der Waals surface area contributed by atoms with Crippen LogP contribution in [-0.2, 0) is 9.59 Å². The van der Waals surface area contributed by atoms with Crippen molar-refractivity contribution < 1.29 is 14.7 Å². The van der Waals surface area contributed by atoms with Gasteiger partial charge in [0.15, 0.2) is 0 Å². The Kier molecular flexibility index (Phi) is 8.83. The number of carbonyl (C=O) groups excluding carboxylic acids is 1. The summed E-state index contributed by atoms with van der Waals surface area (Å²) < 4.78 is 0.275. The summed E-state index contributed by atoms with van der Waals surface area (Å²) in [5, 5.41) is 8.89. The number of thioether (sulfide) groups is 1. The summed E-state index contributed by atoms with van der Waals surface area (Å²) in [5.41, 5.74) is 5.32. The molecule has 0 atom stereocenters. The normalized spacial score (nSPS) is 22.0. The fraction of sp³-hybridized carbons (Fsp3) is 0.400. The Morgan fingerprint density at radius 2 is 1.90 bits per heavy atom. The quantitative estimate of drug-likeness (QED) is 0.274. The maximum Gasteiger partial charge on any atom is 0.323 e. The van der Waals surface area contributed by atoms with E-state index < -0.39 is 12.5 Å². The number of hydrogen-bond donors (Lipinski definition) is 1. The predicted octanol–water partition coefficient (Wildman–Crippen LogP) is 6.35. The number of nitrogens with zero attached hydrogens (tertiary/aromatic N) is 1. The molecule has 0 bridgehead atoms. The first-order chi connectivity index (χ1) is 14.5. The van der Waals surface area contributed by atoms with Gasteiger partial charge in [0.25, 0.3) is 5.91 Å². The highest BCUT2D eigenvalue weighted by Gasteiger charge is 2.32. The van der Waals surface area contributed by atoms with Gasteiger partial charge in [-0.05, 0) is 57.1 Å². The van der Waals surface area contributed by atoms with Gasteiger partial charge >= 0.3 is 5.97 Å². The van der Waals surface area contributed by atoms with Crippen molar-refractivity contribution in [2.24, 2.45) is 5.41 Å². The van der Waals surface area contributed by atoms with Gasteiger partial charge in [0.05, 0.1) is 4.91 Å². The summed E-state index contributed by atoms with van der Waals surface area (Å²) in [4.78, 5) is 24.7. The zero-order valence-corrected chi connectivity index (χ0v) is 20.5. The molecule has 0 saturated carbocycles. The number of carbonyl (C=O) groups is 2. The molecule has 1 N–H and O–H groups in total. The Balaban J connectivity index is 2.02. The number of carboxylic acid groups (broad SMARTS) is 1. The average molecular weight is 458 g/mol. The molecule has 1 heterocycles. The van der Waals surface area contributed by atoms with Gasteiger partial charge in [-0.25, -0.2) is 0 Å². The molecular weight excluding hydrogens is 426 g/mol. The molecule has 0 aromatic rings. The van der Waals surface area contributed by atoms with Crippen LogP contribution in [0.4, 0.5) is 0 Å². The van der Waals surface area contributed by atoms with E-state index >= 15 is 0 Å². The number of hydrogen-bond acceptors (Lipinski definition) is 4. The number of allylic oxidation sites excluding steroid dienone is 11. The number of aliphatic carboxylic acids is 1. The molecule has 4 nitrogen and oxygen atoms in total. The Morgan fingerprint density at radius 3 is 2.55 bits per heavy atom. The summed E-state index contributed by atoms with van der Waals surface area (Å²) in [6, 6.07) is 0. The molecule has 2 rings (SSSR count). The van der Waals surface area contributed by atoms with E-state index in [9.17, 15) is 9.59 Å². The fourth-order valence-corrected chi connectivity index (χ4v) is 4.88.